The molecule has 0 aliphatic rings. The van der Waals surface area contributed by atoms with Crippen molar-refractivity contribution in [2.24, 2.45) is 5.73 Å². The van der Waals surface area contributed by atoms with Crippen LogP contribution in [0, 0.1) is 0 Å². The van der Waals surface area contributed by atoms with Crippen molar-refractivity contribution < 1.29 is 0 Å². The molecule has 0 bridgehead atoms. The average Bonchev–Trinajstić information content (AvgIpc) is 2.29. The van der Waals surface area contributed by atoms with Gasteiger partial charge in [-0.15, -0.1) is 0 Å². The Morgan fingerprint density at radius 2 is 1.76 bits per heavy atom. The third kappa shape index (κ3) is 5.85. The van der Waals surface area contributed by atoms with Gasteiger partial charge in [-0.05, 0) is 44.5 Å². The van der Waals surface area contributed by atoms with E-state index in [-0.39, 0.29) is 0 Å². The molecular weight excluding hydrogens is 208 g/mol. The zero-order chi connectivity index (χ0) is 12.7. The van der Waals surface area contributed by atoms with Crippen molar-refractivity contribution in [1.82, 2.24) is 4.90 Å². The van der Waals surface area contributed by atoms with Crippen LogP contribution in [0.15, 0.2) is 24.3 Å². The summed E-state index contributed by atoms with van der Waals surface area (Å²) < 4.78 is 0. The fraction of sp³-hybridized carbons (Fsp3) is 0.600. The Balaban J connectivity index is 2.40. The van der Waals surface area contributed by atoms with Crippen molar-refractivity contribution in [2.75, 3.05) is 13.6 Å². The quantitative estimate of drug-likeness (QED) is 0.786. The lowest BCUT2D eigenvalue weighted by Gasteiger charge is -2.18. The van der Waals surface area contributed by atoms with Crippen molar-refractivity contribution >= 4 is 0 Å². The average molecular weight is 234 g/mol. The van der Waals surface area contributed by atoms with Gasteiger partial charge in [-0.2, -0.15) is 0 Å². The van der Waals surface area contributed by atoms with Gasteiger partial charge in [0.25, 0.3) is 0 Å². The molecule has 1 rings (SSSR count). The number of benzene rings is 1. The first kappa shape index (κ1) is 14.2. The largest absolute Gasteiger partial charge is 0.328 e. The molecule has 2 heteroatoms. The molecule has 96 valence electrons. The minimum absolute atomic E-state index is 0.296. The monoisotopic (exact) mass is 234 g/mol. The Bertz CT molecular complexity index is 303. The van der Waals surface area contributed by atoms with Crippen molar-refractivity contribution in [3.05, 3.63) is 35.4 Å². The van der Waals surface area contributed by atoms with Crippen LogP contribution in [0.4, 0.5) is 0 Å². The molecular formula is C15H26N2. The molecule has 2 nitrogen and oxygen atoms in total. The van der Waals surface area contributed by atoms with Crippen LogP contribution in [0.3, 0.4) is 0 Å². The van der Waals surface area contributed by atoms with Crippen LogP contribution >= 0.6 is 0 Å². The SMILES string of the molecule is CCCc1ccc(CN(C)CCC(C)N)cc1. The second kappa shape index (κ2) is 7.46. The summed E-state index contributed by atoms with van der Waals surface area (Å²) in [6.45, 7) is 6.36. The lowest BCUT2D eigenvalue weighted by molar-refractivity contribution is 0.313. The lowest BCUT2D eigenvalue weighted by atomic mass is 10.1. The Labute approximate surface area is 106 Å². The highest BCUT2D eigenvalue weighted by Crippen LogP contribution is 2.08. The summed E-state index contributed by atoms with van der Waals surface area (Å²) >= 11 is 0. The minimum Gasteiger partial charge on any atom is -0.328 e. The molecule has 0 aliphatic carbocycles. The molecule has 0 fully saturated rings. The van der Waals surface area contributed by atoms with E-state index in [0.717, 1.165) is 19.5 Å². The van der Waals surface area contributed by atoms with Crippen LogP contribution in [0.5, 0.6) is 0 Å². The van der Waals surface area contributed by atoms with Gasteiger partial charge in [0.1, 0.15) is 0 Å². The Hall–Kier alpha value is -0.860. The summed E-state index contributed by atoms with van der Waals surface area (Å²) in [6.07, 6.45) is 3.46. The summed E-state index contributed by atoms with van der Waals surface area (Å²) in [4.78, 5) is 2.33. The van der Waals surface area contributed by atoms with Gasteiger partial charge in [0, 0.05) is 12.6 Å². The minimum atomic E-state index is 0.296. The number of aryl methyl sites for hydroxylation is 1. The Kier molecular flexibility index (Phi) is 6.23. The highest BCUT2D eigenvalue weighted by atomic mass is 15.1. The van der Waals surface area contributed by atoms with Gasteiger partial charge < -0.3 is 10.6 Å². The smallest absolute Gasteiger partial charge is 0.0230 e. The first-order valence-corrected chi connectivity index (χ1v) is 6.63. The van der Waals surface area contributed by atoms with E-state index in [1.807, 2.05) is 0 Å². The first-order valence-electron chi connectivity index (χ1n) is 6.63. The third-order valence-electron chi connectivity index (χ3n) is 2.98. The Morgan fingerprint density at radius 1 is 1.18 bits per heavy atom. The van der Waals surface area contributed by atoms with Crippen LogP contribution in [0.2, 0.25) is 0 Å². The standard InChI is InChI=1S/C15H26N2/c1-4-5-14-6-8-15(9-7-14)12-17(3)11-10-13(2)16/h6-9,13H,4-5,10-12,16H2,1-3H3. The number of rotatable bonds is 7. The van der Waals surface area contributed by atoms with E-state index in [2.05, 4.69) is 50.1 Å². The van der Waals surface area contributed by atoms with E-state index in [9.17, 15) is 0 Å². The summed E-state index contributed by atoms with van der Waals surface area (Å²) in [7, 11) is 2.16. The molecule has 0 aliphatic heterocycles. The fourth-order valence-electron chi connectivity index (χ4n) is 1.91. The molecule has 0 saturated carbocycles. The molecule has 17 heavy (non-hydrogen) atoms. The normalized spacial score (nSPS) is 13.0. The molecule has 1 aromatic rings. The van der Waals surface area contributed by atoms with Crippen molar-refractivity contribution in [3.63, 3.8) is 0 Å². The molecule has 0 spiro atoms. The summed E-state index contributed by atoms with van der Waals surface area (Å²) in [6, 6.07) is 9.28. The highest BCUT2D eigenvalue weighted by molar-refractivity contribution is 5.22. The van der Waals surface area contributed by atoms with Crippen LogP contribution in [0.1, 0.15) is 37.8 Å². The van der Waals surface area contributed by atoms with Gasteiger partial charge in [0.15, 0.2) is 0 Å². The topological polar surface area (TPSA) is 29.3 Å². The molecule has 0 radical (unpaired) electrons. The van der Waals surface area contributed by atoms with E-state index in [4.69, 9.17) is 5.73 Å². The van der Waals surface area contributed by atoms with Crippen molar-refractivity contribution in [3.8, 4) is 0 Å². The van der Waals surface area contributed by atoms with Crippen LogP contribution in [-0.4, -0.2) is 24.5 Å². The Morgan fingerprint density at radius 3 is 2.29 bits per heavy atom. The van der Waals surface area contributed by atoms with Crippen molar-refractivity contribution in [1.29, 1.82) is 0 Å². The lowest BCUT2D eigenvalue weighted by Crippen LogP contribution is -2.25. The second-order valence-corrected chi connectivity index (χ2v) is 5.07. The predicted molar refractivity (Wildman–Crippen MR) is 75.0 cm³/mol. The molecule has 1 atom stereocenters. The number of hydrogen-bond donors (Lipinski definition) is 1. The van der Waals surface area contributed by atoms with Crippen LogP contribution < -0.4 is 5.73 Å². The molecule has 1 aromatic carbocycles. The summed E-state index contributed by atoms with van der Waals surface area (Å²) in [5.74, 6) is 0. The maximum atomic E-state index is 5.76. The van der Waals surface area contributed by atoms with E-state index < -0.39 is 0 Å². The van der Waals surface area contributed by atoms with Gasteiger partial charge in [-0.25, -0.2) is 0 Å². The van der Waals surface area contributed by atoms with Gasteiger partial charge >= 0.3 is 0 Å². The maximum absolute atomic E-state index is 5.76. The van der Waals surface area contributed by atoms with Gasteiger partial charge in [-0.1, -0.05) is 37.6 Å². The molecule has 0 heterocycles. The zero-order valence-electron chi connectivity index (χ0n) is 11.4. The van der Waals surface area contributed by atoms with Crippen molar-refractivity contribution in [2.45, 2.75) is 45.7 Å². The molecule has 2 N–H and O–H groups in total. The zero-order valence-corrected chi connectivity index (χ0v) is 11.4. The predicted octanol–water partition coefficient (Wildman–Crippen LogP) is 2.81. The third-order valence-corrected chi connectivity index (χ3v) is 2.98. The van der Waals surface area contributed by atoms with E-state index in [1.165, 1.54) is 24.0 Å². The van der Waals surface area contributed by atoms with E-state index in [1.54, 1.807) is 0 Å². The van der Waals surface area contributed by atoms with E-state index >= 15 is 0 Å². The second-order valence-electron chi connectivity index (χ2n) is 5.07. The molecule has 1 unspecified atom stereocenters. The van der Waals surface area contributed by atoms with Gasteiger partial charge in [-0.3, -0.25) is 0 Å². The van der Waals surface area contributed by atoms with Gasteiger partial charge in [0.2, 0.25) is 0 Å². The number of nitrogens with two attached hydrogens (primary N) is 1. The highest BCUT2D eigenvalue weighted by Gasteiger charge is 2.02. The van der Waals surface area contributed by atoms with E-state index in [0.29, 0.717) is 6.04 Å². The number of hydrogen-bond acceptors (Lipinski definition) is 2. The maximum Gasteiger partial charge on any atom is 0.0230 e. The number of nitrogens with zero attached hydrogens (tertiary/aromatic N) is 1. The molecule has 0 amide bonds. The molecule has 0 saturated heterocycles. The summed E-state index contributed by atoms with van der Waals surface area (Å²) in [5.41, 5.74) is 8.59. The first-order chi connectivity index (χ1) is 8.11. The molecule has 0 aromatic heterocycles. The van der Waals surface area contributed by atoms with Crippen LogP contribution in [0.25, 0.3) is 0 Å². The summed E-state index contributed by atoms with van der Waals surface area (Å²) in [5, 5.41) is 0. The van der Waals surface area contributed by atoms with Crippen LogP contribution in [-0.2, 0) is 13.0 Å². The van der Waals surface area contributed by atoms with Gasteiger partial charge in [0.05, 0.1) is 0 Å². The fourth-order valence-corrected chi connectivity index (χ4v) is 1.91.